The number of carbonyl (C=O) groups excluding carboxylic acids is 1. The van der Waals surface area contributed by atoms with Crippen molar-refractivity contribution in [2.45, 2.75) is 78.2 Å². The van der Waals surface area contributed by atoms with Crippen molar-refractivity contribution in [1.29, 1.82) is 0 Å². The molecule has 0 aromatic rings. The molecule has 0 bridgehead atoms. The van der Waals surface area contributed by atoms with Crippen LogP contribution >= 0.6 is 0 Å². The summed E-state index contributed by atoms with van der Waals surface area (Å²) >= 11 is 0. The van der Waals surface area contributed by atoms with E-state index in [1.165, 1.54) is 32.1 Å². The van der Waals surface area contributed by atoms with Gasteiger partial charge < -0.3 is 5.11 Å². The summed E-state index contributed by atoms with van der Waals surface area (Å²) in [6.45, 7) is 6.90. The molecule has 0 amide bonds. The third-order valence-electron chi connectivity index (χ3n) is 8.68. The molecule has 4 aliphatic carbocycles. The molecular weight excluding hydrogens is 272 g/mol. The van der Waals surface area contributed by atoms with Gasteiger partial charge in [0.05, 0.1) is 6.10 Å². The van der Waals surface area contributed by atoms with Gasteiger partial charge >= 0.3 is 0 Å². The van der Waals surface area contributed by atoms with Crippen LogP contribution in [0.5, 0.6) is 0 Å². The molecule has 1 N–H and O–H groups in total. The van der Waals surface area contributed by atoms with Crippen LogP contribution in [0.3, 0.4) is 0 Å². The Balaban J connectivity index is 1.67. The quantitative estimate of drug-likeness (QED) is 0.728. The fraction of sp³-hybridized carbons (Fsp3) is 0.950. The Labute approximate surface area is 135 Å². The first-order valence-electron chi connectivity index (χ1n) is 9.58. The van der Waals surface area contributed by atoms with E-state index in [9.17, 15) is 9.90 Å². The van der Waals surface area contributed by atoms with Crippen LogP contribution in [0.25, 0.3) is 0 Å². The normalized spacial score (nSPS) is 57.9. The zero-order valence-electron chi connectivity index (χ0n) is 14.5. The zero-order chi connectivity index (χ0) is 15.7. The lowest BCUT2D eigenvalue weighted by molar-refractivity contribution is -0.160. The maximum absolute atomic E-state index is 13.0. The molecule has 4 saturated carbocycles. The lowest BCUT2D eigenvalue weighted by atomic mass is 9.44. The Morgan fingerprint density at radius 2 is 1.82 bits per heavy atom. The van der Waals surface area contributed by atoms with Crippen molar-refractivity contribution in [3.05, 3.63) is 0 Å². The minimum Gasteiger partial charge on any atom is -0.393 e. The Morgan fingerprint density at radius 3 is 2.59 bits per heavy atom. The second-order valence-corrected chi connectivity index (χ2v) is 9.54. The predicted octanol–water partition coefficient (Wildman–Crippen LogP) is 4.21. The van der Waals surface area contributed by atoms with Crippen molar-refractivity contribution in [2.75, 3.05) is 0 Å². The monoisotopic (exact) mass is 304 g/mol. The Bertz CT molecular complexity index is 486. The van der Waals surface area contributed by atoms with E-state index < -0.39 is 0 Å². The van der Waals surface area contributed by atoms with Gasteiger partial charge in [0.1, 0.15) is 5.78 Å². The Hall–Kier alpha value is -0.370. The van der Waals surface area contributed by atoms with E-state index in [-0.39, 0.29) is 16.9 Å². The van der Waals surface area contributed by atoms with E-state index in [4.69, 9.17) is 0 Å². The van der Waals surface area contributed by atoms with Gasteiger partial charge in [0.15, 0.2) is 0 Å². The Morgan fingerprint density at radius 1 is 1.05 bits per heavy atom. The summed E-state index contributed by atoms with van der Waals surface area (Å²) in [5, 5.41) is 10.5. The van der Waals surface area contributed by atoms with Crippen LogP contribution in [0, 0.1) is 40.4 Å². The van der Waals surface area contributed by atoms with Crippen LogP contribution in [0.15, 0.2) is 0 Å². The molecule has 124 valence electrons. The van der Waals surface area contributed by atoms with Gasteiger partial charge in [-0.15, -0.1) is 0 Å². The van der Waals surface area contributed by atoms with Gasteiger partial charge in [-0.1, -0.05) is 20.8 Å². The molecular formula is C20H32O2. The topological polar surface area (TPSA) is 37.3 Å². The van der Waals surface area contributed by atoms with Crippen molar-refractivity contribution in [3.63, 3.8) is 0 Å². The Kier molecular flexibility index (Phi) is 3.32. The maximum Gasteiger partial charge on any atom is 0.139 e. The van der Waals surface area contributed by atoms with Gasteiger partial charge in [0.25, 0.3) is 0 Å². The third-order valence-corrected chi connectivity index (χ3v) is 8.68. The molecule has 0 aliphatic heterocycles. The van der Waals surface area contributed by atoms with E-state index in [0.717, 1.165) is 19.3 Å². The molecule has 0 saturated heterocycles. The first-order chi connectivity index (χ1) is 10.4. The fourth-order valence-electron chi connectivity index (χ4n) is 7.31. The van der Waals surface area contributed by atoms with Gasteiger partial charge in [0.2, 0.25) is 0 Å². The van der Waals surface area contributed by atoms with Crippen molar-refractivity contribution >= 4 is 5.78 Å². The summed E-state index contributed by atoms with van der Waals surface area (Å²) in [5.41, 5.74) is 0.0830. The highest BCUT2D eigenvalue weighted by Crippen LogP contribution is 2.65. The molecule has 2 nitrogen and oxygen atoms in total. The first kappa shape index (κ1) is 15.2. The van der Waals surface area contributed by atoms with Gasteiger partial charge in [-0.05, 0) is 80.0 Å². The molecule has 22 heavy (non-hydrogen) atoms. The summed E-state index contributed by atoms with van der Waals surface area (Å²) in [7, 11) is 0. The maximum atomic E-state index is 13.0. The number of rotatable bonds is 0. The van der Waals surface area contributed by atoms with Gasteiger partial charge in [-0.25, -0.2) is 0 Å². The summed E-state index contributed by atoms with van der Waals surface area (Å²) in [5.74, 6) is 3.72. The lowest BCUT2D eigenvalue weighted by Crippen LogP contribution is -2.57. The largest absolute Gasteiger partial charge is 0.393 e. The molecule has 0 radical (unpaired) electrons. The van der Waals surface area contributed by atoms with Crippen molar-refractivity contribution in [1.82, 2.24) is 0 Å². The average molecular weight is 304 g/mol. The first-order valence-corrected chi connectivity index (χ1v) is 9.58. The number of carbonyl (C=O) groups is 1. The minimum atomic E-state index is -0.106. The summed E-state index contributed by atoms with van der Waals surface area (Å²) < 4.78 is 0. The predicted molar refractivity (Wildman–Crippen MR) is 87.3 cm³/mol. The number of aliphatic hydroxyl groups is 1. The van der Waals surface area contributed by atoms with E-state index in [0.29, 0.717) is 35.4 Å². The number of aliphatic hydroxyl groups excluding tert-OH is 1. The van der Waals surface area contributed by atoms with Crippen molar-refractivity contribution in [2.24, 2.45) is 40.4 Å². The molecule has 0 aromatic carbocycles. The van der Waals surface area contributed by atoms with Gasteiger partial charge in [-0.2, -0.15) is 0 Å². The third kappa shape index (κ3) is 1.79. The van der Waals surface area contributed by atoms with E-state index in [2.05, 4.69) is 20.8 Å². The molecule has 0 unspecified atom stereocenters. The number of hydrogen-bond donors (Lipinski definition) is 1. The summed E-state index contributed by atoms with van der Waals surface area (Å²) in [6.07, 6.45) is 8.98. The van der Waals surface area contributed by atoms with E-state index >= 15 is 0 Å². The molecule has 4 rings (SSSR count). The fourth-order valence-corrected chi connectivity index (χ4v) is 7.31. The second-order valence-electron chi connectivity index (χ2n) is 9.54. The number of ketones is 1. The van der Waals surface area contributed by atoms with Gasteiger partial charge in [0, 0.05) is 11.8 Å². The van der Waals surface area contributed by atoms with Crippen molar-refractivity contribution in [3.8, 4) is 0 Å². The molecule has 0 aromatic heterocycles. The summed E-state index contributed by atoms with van der Waals surface area (Å²) in [6, 6.07) is 0. The van der Waals surface area contributed by atoms with Crippen LogP contribution in [-0.4, -0.2) is 17.0 Å². The molecule has 4 fully saturated rings. The van der Waals surface area contributed by atoms with E-state index in [1.54, 1.807) is 0 Å². The smallest absolute Gasteiger partial charge is 0.139 e. The molecule has 0 heterocycles. The number of hydrogen-bond acceptors (Lipinski definition) is 2. The van der Waals surface area contributed by atoms with Crippen LogP contribution in [0.1, 0.15) is 72.1 Å². The number of fused-ring (bicyclic) bond motifs is 5. The van der Waals surface area contributed by atoms with Crippen molar-refractivity contribution < 1.29 is 9.90 Å². The van der Waals surface area contributed by atoms with Crippen LogP contribution < -0.4 is 0 Å². The molecule has 8 atom stereocenters. The van der Waals surface area contributed by atoms with Crippen LogP contribution in [0.2, 0.25) is 0 Å². The average Bonchev–Trinajstić information content (AvgIpc) is 2.77. The molecule has 0 spiro atoms. The summed E-state index contributed by atoms with van der Waals surface area (Å²) in [4.78, 5) is 13.0. The highest BCUT2D eigenvalue weighted by molar-refractivity contribution is 5.86. The highest BCUT2D eigenvalue weighted by Gasteiger charge is 2.62. The SMILES string of the molecule is C[C@@H]1CC(=O)[C@@]2(C)[C@@H](CC[C@H]3[C@@H]4CC[C@H](O)[C@@]4(C)CC[C@@H]32)C1. The number of Topliss-reactive ketones (excluding diaryl/α,β-unsaturated/α-hetero) is 1. The van der Waals surface area contributed by atoms with Crippen LogP contribution in [-0.2, 0) is 4.79 Å². The molecule has 2 heteroatoms. The van der Waals surface area contributed by atoms with E-state index in [1.807, 2.05) is 0 Å². The van der Waals surface area contributed by atoms with Gasteiger partial charge in [-0.3, -0.25) is 4.79 Å². The second kappa shape index (κ2) is 4.82. The molecule has 4 aliphatic rings. The van der Waals surface area contributed by atoms with Crippen LogP contribution in [0.4, 0.5) is 0 Å². The minimum absolute atomic E-state index is 0.0513. The zero-order valence-corrected chi connectivity index (χ0v) is 14.5. The lowest BCUT2D eigenvalue weighted by Gasteiger charge is -2.59. The standard InChI is InChI=1S/C20H32O2/c1-12-10-13-4-5-14-15-6-7-17(21)19(15,2)9-8-16(14)20(13,3)18(22)11-12/h12-17,21H,4-11H2,1-3H3/t12-,13-,14-,15-,16-,17-,19-,20-/m0/s1. The highest BCUT2D eigenvalue weighted by atomic mass is 16.3.